The molecule has 0 unspecified atom stereocenters. The molecule has 0 aliphatic heterocycles. The van der Waals surface area contributed by atoms with Crippen molar-refractivity contribution in [3.05, 3.63) is 22.4 Å². The summed E-state index contributed by atoms with van der Waals surface area (Å²) in [6, 6.07) is 4.07. The molecule has 1 saturated carbocycles. The summed E-state index contributed by atoms with van der Waals surface area (Å²) in [5, 5.41) is 2.04. The first-order chi connectivity index (χ1) is 7.34. The molecule has 0 radical (unpaired) electrons. The van der Waals surface area contributed by atoms with Gasteiger partial charge in [0.15, 0.2) is 0 Å². The maximum Gasteiger partial charge on any atom is 0.138 e. The molecular weight excluding hydrogens is 204 g/mol. The van der Waals surface area contributed by atoms with Crippen molar-refractivity contribution in [1.29, 1.82) is 0 Å². The average molecular weight is 222 g/mol. The predicted molar refractivity (Wildman–Crippen MR) is 64.2 cm³/mol. The lowest BCUT2D eigenvalue weighted by molar-refractivity contribution is -0.118. The fraction of sp³-hybridized carbons (Fsp3) is 0.615. The largest absolute Gasteiger partial charge is 0.299 e. The van der Waals surface area contributed by atoms with Crippen molar-refractivity contribution >= 4 is 17.1 Å². The Morgan fingerprint density at radius 3 is 2.87 bits per heavy atom. The molecule has 2 rings (SSSR count). The predicted octanol–water partition coefficient (Wildman–Crippen LogP) is 3.83. The number of Topliss-reactive ketones (excluding diaryl/α,β-unsaturated/α-hetero) is 1. The smallest absolute Gasteiger partial charge is 0.138 e. The molecule has 1 heterocycles. The molecule has 82 valence electrons. The van der Waals surface area contributed by atoms with Gasteiger partial charge in [-0.05, 0) is 23.8 Å². The van der Waals surface area contributed by atoms with E-state index in [1.54, 1.807) is 11.3 Å². The van der Waals surface area contributed by atoms with E-state index in [0.717, 1.165) is 18.8 Å². The van der Waals surface area contributed by atoms with Crippen LogP contribution in [0.25, 0.3) is 0 Å². The van der Waals surface area contributed by atoms with Gasteiger partial charge >= 0.3 is 0 Å². The van der Waals surface area contributed by atoms with Crippen molar-refractivity contribution in [3.63, 3.8) is 0 Å². The van der Waals surface area contributed by atoms with Crippen molar-refractivity contribution in [2.45, 2.75) is 44.9 Å². The quantitative estimate of drug-likeness (QED) is 0.740. The molecule has 1 nitrogen and oxygen atoms in total. The van der Waals surface area contributed by atoms with Crippen LogP contribution in [-0.2, 0) is 11.2 Å². The van der Waals surface area contributed by atoms with Gasteiger partial charge in [0, 0.05) is 17.7 Å². The van der Waals surface area contributed by atoms with Crippen LogP contribution >= 0.6 is 11.3 Å². The Kier molecular flexibility index (Phi) is 3.95. The third-order valence-electron chi connectivity index (χ3n) is 3.26. The third kappa shape index (κ3) is 3.45. The van der Waals surface area contributed by atoms with Gasteiger partial charge in [-0.15, -0.1) is 11.3 Å². The summed E-state index contributed by atoms with van der Waals surface area (Å²) in [6.45, 7) is 0. The van der Waals surface area contributed by atoms with Gasteiger partial charge in [0.05, 0.1) is 0 Å². The summed E-state index contributed by atoms with van der Waals surface area (Å²) in [5.74, 6) is 1.27. The van der Waals surface area contributed by atoms with E-state index in [1.807, 2.05) is 11.4 Å². The summed E-state index contributed by atoms with van der Waals surface area (Å²) in [4.78, 5) is 12.9. The van der Waals surface area contributed by atoms with Crippen molar-refractivity contribution < 1.29 is 4.79 Å². The minimum absolute atomic E-state index is 0.421. The minimum Gasteiger partial charge on any atom is -0.299 e. The molecule has 0 saturated heterocycles. The van der Waals surface area contributed by atoms with E-state index < -0.39 is 0 Å². The molecule has 1 aromatic heterocycles. The van der Waals surface area contributed by atoms with Crippen LogP contribution in [0.15, 0.2) is 17.5 Å². The Morgan fingerprint density at radius 2 is 2.20 bits per heavy atom. The van der Waals surface area contributed by atoms with Gasteiger partial charge < -0.3 is 0 Å². The zero-order valence-corrected chi connectivity index (χ0v) is 9.89. The molecule has 1 aliphatic carbocycles. The van der Waals surface area contributed by atoms with Gasteiger partial charge in [0.25, 0.3) is 0 Å². The molecule has 15 heavy (non-hydrogen) atoms. The topological polar surface area (TPSA) is 17.1 Å². The van der Waals surface area contributed by atoms with Crippen LogP contribution < -0.4 is 0 Å². The van der Waals surface area contributed by atoms with Gasteiger partial charge in [-0.25, -0.2) is 0 Å². The second kappa shape index (κ2) is 5.45. The molecule has 2 heteroatoms. The summed E-state index contributed by atoms with van der Waals surface area (Å²) in [7, 11) is 0. The van der Waals surface area contributed by atoms with E-state index >= 15 is 0 Å². The van der Waals surface area contributed by atoms with E-state index in [2.05, 4.69) is 6.07 Å². The van der Waals surface area contributed by atoms with Crippen molar-refractivity contribution in [1.82, 2.24) is 0 Å². The van der Waals surface area contributed by atoms with Crippen molar-refractivity contribution in [2.75, 3.05) is 0 Å². The lowest BCUT2D eigenvalue weighted by Crippen LogP contribution is -2.04. The Balaban J connectivity index is 1.68. The van der Waals surface area contributed by atoms with Gasteiger partial charge in [0.1, 0.15) is 5.78 Å². The zero-order valence-electron chi connectivity index (χ0n) is 9.08. The highest BCUT2D eigenvalue weighted by molar-refractivity contribution is 7.10. The minimum atomic E-state index is 0.421. The average Bonchev–Trinajstić information content (AvgIpc) is 2.86. The first kappa shape index (κ1) is 10.9. The number of ketones is 1. The first-order valence-electron chi connectivity index (χ1n) is 5.88. The van der Waals surface area contributed by atoms with Gasteiger partial charge in [-0.3, -0.25) is 4.79 Å². The number of thiophene rings is 1. The summed E-state index contributed by atoms with van der Waals surface area (Å²) < 4.78 is 0. The molecule has 0 N–H and O–H groups in total. The number of carbonyl (C=O) groups excluding carboxylic acids is 1. The molecule has 0 spiro atoms. The molecule has 1 fully saturated rings. The molecule has 1 aromatic rings. The van der Waals surface area contributed by atoms with E-state index in [4.69, 9.17) is 0 Å². The lowest BCUT2D eigenvalue weighted by atomic mass is 9.99. The van der Waals surface area contributed by atoms with Crippen LogP contribution in [-0.4, -0.2) is 5.78 Å². The normalized spacial score (nSPS) is 17.1. The summed E-state index contributed by atoms with van der Waals surface area (Å²) >= 11 is 1.69. The highest BCUT2D eigenvalue weighted by atomic mass is 32.1. The maximum atomic E-state index is 11.7. The summed E-state index contributed by atoms with van der Waals surface area (Å²) in [6.07, 6.45) is 8.04. The lowest BCUT2D eigenvalue weighted by Gasteiger charge is -2.06. The van der Waals surface area contributed by atoms with Crippen LogP contribution in [0.3, 0.4) is 0 Å². The van der Waals surface area contributed by atoms with Gasteiger partial charge in [0.2, 0.25) is 0 Å². The van der Waals surface area contributed by atoms with Crippen molar-refractivity contribution in [2.24, 2.45) is 5.92 Å². The standard InChI is InChI=1S/C13H18OS/c14-12(10-13-6-3-9-15-13)8-7-11-4-1-2-5-11/h3,6,9,11H,1-2,4-5,7-8,10H2. The van der Waals surface area contributed by atoms with Crippen LogP contribution in [0.2, 0.25) is 0 Å². The Bertz CT molecular complexity index is 296. The third-order valence-corrected chi connectivity index (χ3v) is 4.13. The monoisotopic (exact) mass is 222 g/mol. The SMILES string of the molecule is O=C(CCC1CCCC1)Cc1cccs1. The second-order valence-electron chi connectivity index (χ2n) is 4.48. The van der Waals surface area contributed by atoms with Crippen LogP contribution in [0.5, 0.6) is 0 Å². The van der Waals surface area contributed by atoms with Crippen LogP contribution in [0, 0.1) is 5.92 Å². The Hall–Kier alpha value is -0.630. The first-order valence-corrected chi connectivity index (χ1v) is 6.76. The Morgan fingerprint density at radius 1 is 1.40 bits per heavy atom. The molecular formula is C13H18OS. The zero-order chi connectivity index (χ0) is 10.5. The Labute approximate surface area is 95.5 Å². The van der Waals surface area contributed by atoms with Crippen LogP contribution in [0.1, 0.15) is 43.4 Å². The molecule has 0 bridgehead atoms. The van der Waals surface area contributed by atoms with Gasteiger partial charge in [-0.1, -0.05) is 31.7 Å². The molecule has 0 atom stereocenters. The highest BCUT2D eigenvalue weighted by Gasteiger charge is 2.16. The number of rotatable bonds is 5. The van der Waals surface area contributed by atoms with E-state index in [9.17, 15) is 4.79 Å². The fourth-order valence-electron chi connectivity index (χ4n) is 2.36. The number of hydrogen-bond acceptors (Lipinski definition) is 2. The van der Waals surface area contributed by atoms with Crippen LogP contribution in [0.4, 0.5) is 0 Å². The van der Waals surface area contributed by atoms with E-state index in [1.165, 1.54) is 30.6 Å². The molecule has 0 aromatic carbocycles. The van der Waals surface area contributed by atoms with E-state index in [0.29, 0.717) is 12.2 Å². The highest BCUT2D eigenvalue weighted by Crippen LogP contribution is 2.28. The maximum absolute atomic E-state index is 11.7. The number of hydrogen-bond donors (Lipinski definition) is 0. The van der Waals surface area contributed by atoms with E-state index in [-0.39, 0.29) is 0 Å². The second-order valence-corrected chi connectivity index (χ2v) is 5.52. The van der Waals surface area contributed by atoms with Gasteiger partial charge in [-0.2, -0.15) is 0 Å². The summed E-state index contributed by atoms with van der Waals surface area (Å²) in [5.41, 5.74) is 0. The fourth-order valence-corrected chi connectivity index (χ4v) is 3.09. The van der Waals surface area contributed by atoms with Crippen molar-refractivity contribution in [3.8, 4) is 0 Å². The molecule has 0 amide bonds. The molecule has 1 aliphatic rings. The number of carbonyl (C=O) groups is 1.